The topological polar surface area (TPSA) is 53.6 Å². The average molecular weight is 196 g/mol. The van der Waals surface area contributed by atoms with Gasteiger partial charge in [-0.25, -0.2) is 4.98 Å². The molecule has 0 spiro atoms. The van der Waals surface area contributed by atoms with Crippen LogP contribution < -0.4 is 5.32 Å². The van der Waals surface area contributed by atoms with Crippen molar-refractivity contribution in [1.82, 2.24) is 20.5 Å². The maximum absolute atomic E-state index is 4.06. The van der Waals surface area contributed by atoms with Gasteiger partial charge in [0.1, 0.15) is 12.2 Å². The van der Waals surface area contributed by atoms with Gasteiger partial charge in [0.05, 0.1) is 6.54 Å². The SMILES string of the molecule is CCCCCC(C)NCc1ncn[nH]1. The van der Waals surface area contributed by atoms with Crippen LogP contribution in [0.25, 0.3) is 0 Å². The molecule has 0 bridgehead atoms. The van der Waals surface area contributed by atoms with Crippen molar-refractivity contribution in [2.45, 2.75) is 52.1 Å². The highest BCUT2D eigenvalue weighted by molar-refractivity contribution is 4.79. The number of hydrogen-bond donors (Lipinski definition) is 2. The van der Waals surface area contributed by atoms with Gasteiger partial charge in [0.2, 0.25) is 0 Å². The van der Waals surface area contributed by atoms with Crippen LogP contribution in [-0.4, -0.2) is 21.2 Å². The Morgan fingerprint density at radius 3 is 3.00 bits per heavy atom. The first kappa shape index (κ1) is 11.2. The van der Waals surface area contributed by atoms with Crippen molar-refractivity contribution in [1.29, 1.82) is 0 Å². The van der Waals surface area contributed by atoms with Crippen molar-refractivity contribution >= 4 is 0 Å². The molecule has 1 aromatic heterocycles. The van der Waals surface area contributed by atoms with Gasteiger partial charge in [-0.05, 0) is 13.3 Å². The summed E-state index contributed by atoms with van der Waals surface area (Å²) >= 11 is 0. The van der Waals surface area contributed by atoms with E-state index in [2.05, 4.69) is 34.3 Å². The van der Waals surface area contributed by atoms with Crippen LogP contribution in [0.2, 0.25) is 0 Å². The Labute approximate surface area is 85.5 Å². The molecule has 0 saturated carbocycles. The summed E-state index contributed by atoms with van der Waals surface area (Å²) in [5.74, 6) is 0.910. The van der Waals surface area contributed by atoms with Gasteiger partial charge >= 0.3 is 0 Å². The van der Waals surface area contributed by atoms with Gasteiger partial charge in [-0.3, -0.25) is 5.10 Å². The van der Waals surface area contributed by atoms with Crippen molar-refractivity contribution < 1.29 is 0 Å². The molecule has 1 rings (SSSR count). The van der Waals surface area contributed by atoms with Gasteiger partial charge in [-0.15, -0.1) is 0 Å². The van der Waals surface area contributed by atoms with E-state index in [1.807, 2.05) is 0 Å². The predicted octanol–water partition coefficient (Wildman–Crippen LogP) is 1.86. The Morgan fingerprint density at radius 1 is 1.50 bits per heavy atom. The molecular formula is C10H20N4. The Bertz CT molecular complexity index is 220. The van der Waals surface area contributed by atoms with E-state index in [1.54, 1.807) is 6.33 Å². The number of rotatable bonds is 7. The van der Waals surface area contributed by atoms with Gasteiger partial charge in [0.15, 0.2) is 0 Å². The Hall–Kier alpha value is -0.900. The molecule has 1 unspecified atom stereocenters. The molecule has 0 aromatic carbocycles. The van der Waals surface area contributed by atoms with Crippen LogP contribution in [0.15, 0.2) is 6.33 Å². The summed E-state index contributed by atoms with van der Waals surface area (Å²) in [6, 6.07) is 0.562. The zero-order valence-corrected chi connectivity index (χ0v) is 9.08. The normalized spacial score (nSPS) is 13.0. The number of nitrogens with one attached hydrogen (secondary N) is 2. The minimum Gasteiger partial charge on any atom is -0.307 e. The second kappa shape index (κ2) is 6.54. The number of aromatic amines is 1. The standard InChI is InChI=1S/C10H20N4/c1-3-4-5-6-9(2)11-7-10-12-8-13-14-10/h8-9,11H,3-7H2,1-2H3,(H,12,13,14). The molecule has 0 aliphatic carbocycles. The van der Waals surface area contributed by atoms with E-state index in [9.17, 15) is 0 Å². The smallest absolute Gasteiger partial charge is 0.138 e. The van der Waals surface area contributed by atoms with Crippen molar-refractivity contribution in [3.05, 3.63) is 12.2 Å². The average Bonchev–Trinajstić information content (AvgIpc) is 2.68. The van der Waals surface area contributed by atoms with E-state index in [-0.39, 0.29) is 0 Å². The third-order valence-electron chi connectivity index (χ3n) is 2.32. The van der Waals surface area contributed by atoms with Crippen LogP contribution in [0.5, 0.6) is 0 Å². The van der Waals surface area contributed by atoms with Gasteiger partial charge < -0.3 is 5.32 Å². The quantitative estimate of drug-likeness (QED) is 0.654. The van der Waals surface area contributed by atoms with Gasteiger partial charge in [-0.1, -0.05) is 26.2 Å². The van der Waals surface area contributed by atoms with Crippen molar-refractivity contribution in [3.63, 3.8) is 0 Å². The van der Waals surface area contributed by atoms with E-state index in [0.717, 1.165) is 12.4 Å². The Kier molecular flexibility index (Phi) is 5.22. The largest absolute Gasteiger partial charge is 0.307 e. The second-order valence-electron chi connectivity index (χ2n) is 3.71. The molecule has 1 atom stereocenters. The fraction of sp³-hybridized carbons (Fsp3) is 0.800. The molecule has 0 fully saturated rings. The van der Waals surface area contributed by atoms with E-state index >= 15 is 0 Å². The Balaban J connectivity index is 2.06. The molecule has 14 heavy (non-hydrogen) atoms. The lowest BCUT2D eigenvalue weighted by Crippen LogP contribution is -2.25. The molecule has 4 nitrogen and oxygen atoms in total. The van der Waals surface area contributed by atoms with Crippen LogP contribution in [0.4, 0.5) is 0 Å². The summed E-state index contributed by atoms with van der Waals surface area (Å²) in [5, 5.41) is 10.0. The third-order valence-corrected chi connectivity index (χ3v) is 2.32. The van der Waals surface area contributed by atoms with Crippen LogP contribution in [0.3, 0.4) is 0 Å². The van der Waals surface area contributed by atoms with Crippen molar-refractivity contribution in [2.24, 2.45) is 0 Å². The van der Waals surface area contributed by atoms with E-state index < -0.39 is 0 Å². The van der Waals surface area contributed by atoms with Crippen LogP contribution >= 0.6 is 0 Å². The molecule has 1 heterocycles. The molecule has 4 heteroatoms. The summed E-state index contributed by atoms with van der Waals surface area (Å²) in [6.07, 6.45) is 6.70. The minimum atomic E-state index is 0.562. The monoisotopic (exact) mass is 196 g/mol. The third kappa shape index (κ3) is 4.37. The summed E-state index contributed by atoms with van der Waals surface area (Å²) in [4.78, 5) is 4.06. The molecule has 0 radical (unpaired) electrons. The van der Waals surface area contributed by atoms with Crippen molar-refractivity contribution in [2.75, 3.05) is 0 Å². The minimum absolute atomic E-state index is 0.562. The Morgan fingerprint density at radius 2 is 2.36 bits per heavy atom. The summed E-state index contributed by atoms with van der Waals surface area (Å²) < 4.78 is 0. The zero-order chi connectivity index (χ0) is 10.2. The molecule has 0 aliphatic rings. The predicted molar refractivity (Wildman–Crippen MR) is 56.8 cm³/mol. The molecule has 0 saturated heterocycles. The van der Waals surface area contributed by atoms with Gasteiger partial charge in [0, 0.05) is 6.04 Å². The second-order valence-corrected chi connectivity index (χ2v) is 3.71. The van der Waals surface area contributed by atoms with E-state index in [1.165, 1.54) is 25.7 Å². The van der Waals surface area contributed by atoms with Crippen LogP contribution in [-0.2, 0) is 6.54 Å². The number of H-pyrrole nitrogens is 1. The fourth-order valence-electron chi connectivity index (χ4n) is 1.39. The molecule has 80 valence electrons. The fourth-order valence-corrected chi connectivity index (χ4v) is 1.39. The number of hydrogen-bond acceptors (Lipinski definition) is 3. The summed E-state index contributed by atoms with van der Waals surface area (Å²) in [5.41, 5.74) is 0. The lowest BCUT2D eigenvalue weighted by atomic mass is 10.1. The lowest BCUT2D eigenvalue weighted by molar-refractivity contribution is 0.480. The maximum atomic E-state index is 4.06. The van der Waals surface area contributed by atoms with Crippen LogP contribution in [0, 0.1) is 0 Å². The number of aromatic nitrogens is 3. The lowest BCUT2D eigenvalue weighted by Gasteiger charge is -2.11. The number of nitrogens with zero attached hydrogens (tertiary/aromatic N) is 2. The van der Waals surface area contributed by atoms with E-state index in [4.69, 9.17) is 0 Å². The first-order valence-corrected chi connectivity index (χ1v) is 5.40. The molecule has 0 amide bonds. The van der Waals surface area contributed by atoms with Crippen molar-refractivity contribution in [3.8, 4) is 0 Å². The zero-order valence-electron chi connectivity index (χ0n) is 9.08. The molecular weight excluding hydrogens is 176 g/mol. The van der Waals surface area contributed by atoms with Gasteiger partial charge in [0.25, 0.3) is 0 Å². The first-order valence-electron chi connectivity index (χ1n) is 5.40. The maximum Gasteiger partial charge on any atom is 0.138 e. The highest BCUT2D eigenvalue weighted by Gasteiger charge is 2.01. The molecule has 2 N–H and O–H groups in total. The highest BCUT2D eigenvalue weighted by Crippen LogP contribution is 2.02. The number of unbranched alkanes of at least 4 members (excludes halogenated alkanes) is 2. The van der Waals surface area contributed by atoms with Crippen LogP contribution in [0.1, 0.15) is 45.4 Å². The molecule has 0 aliphatic heterocycles. The first-order chi connectivity index (χ1) is 6.83. The highest BCUT2D eigenvalue weighted by atomic mass is 15.2. The molecule has 1 aromatic rings. The summed E-state index contributed by atoms with van der Waals surface area (Å²) in [6.45, 7) is 5.23. The van der Waals surface area contributed by atoms with E-state index in [0.29, 0.717) is 6.04 Å². The summed E-state index contributed by atoms with van der Waals surface area (Å²) in [7, 11) is 0. The van der Waals surface area contributed by atoms with Gasteiger partial charge in [-0.2, -0.15) is 5.10 Å².